The van der Waals surface area contributed by atoms with Crippen LogP contribution >= 0.6 is 11.3 Å². The molecule has 2 aromatic heterocycles. The molecule has 2 unspecified atom stereocenters. The van der Waals surface area contributed by atoms with Crippen molar-refractivity contribution in [1.29, 1.82) is 0 Å². The SMILES string of the molecule is CC(C)Cc1cc(-c2ccc([C@@H]3CCc4nccn43)c(F)c2)c(S(=O)(=O)NC(=O)OCC2CC2C)s1. The van der Waals surface area contributed by atoms with Crippen molar-refractivity contribution in [3.63, 3.8) is 0 Å². The largest absolute Gasteiger partial charge is 0.449 e. The average Bonchev–Trinajstić information content (AvgIpc) is 3.19. The molecule has 2 aliphatic rings. The summed E-state index contributed by atoms with van der Waals surface area (Å²) in [6.07, 6.45) is 5.78. The first-order valence-electron chi connectivity index (χ1n) is 12.3. The van der Waals surface area contributed by atoms with E-state index in [1.807, 2.05) is 29.3 Å². The van der Waals surface area contributed by atoms with Crippen LogP contribution in [0.1, 0.15) is 55.9 Å². The van der Waals surface area contributed by atoms with Gasteiger partial charge in [0.15, 0.2) is 0 Å². The van der Waals surface area contributed by atoms with Crippen LogP contribution in [0.3, 0.4) is 0 Å². The van der Waals surface area contributed by atoms with Crippen molar-refractivity contribution in [3.05, 3.63) is 58.7 Å². The van der Waals surface area contributed by atoms with E-state index in [0.717, 1.165) is 41.3 Å². The zero-order valence-corrected chi connectivity index (χ0v) is 22.2. The number of halogens is 1. The molecule has 5 rings (SSSR count). The van der Waals surface area contributed by atoms with Crippen molar-refractivity contribution in [3.8, 4) is 11.1 Å². The number of carbonyl (C=O) groups excluding carboxylic acids is 1. The number of carbonyl (C=O) groups is 1. The molecule has 192 valence electrons. The minimum absolute atomic E-state index is 0.0141. The summed E-state index contributed by atoms with van der Waals surface area (Å²) >= 11 is 1.10. The fraction of sp³-hybridized carbons (Fsp3) is 0.462. The molecule has 36 heavy (non-hydrogen) atoms. The van der Waals surface area contributed by atoms with Crippen LogP contribution in [0, 0.1) is 23.6 Å². The molecule has 10 heteroatoms. The summed E-state index contributed by atoms with van der Waals surface area (Å²) in [5.41, 5.74) is 1.38. The predicted molar refractivity (Wildman–Crippen MR) is 136 cm³/mol. The van der Waals surface area contributed by atoms with Crippen LogP contribution in [-0.2, 0) is 27.6 Å². The van der Waals surface area contributed by atoms with E-state index in [1.165, 1.54) is 6.07 Å². The zero-order valence-electron chi connectivity index (χ0n) is 20.5. The van der Waals surface area contributed by atoms with Crippen LogP contribution in [0.4, 0.5) is 9.18 Å². The van der Waals surface area contributed by atoms with Crippen LogP contribution in [0.25, 0.3) is 11.1 Å². The van der Waals surface area contributed by atoms with Gasteiger partial charge in [0.05, 0.1) is 12.6 Å². The van der Waals surface area contributed by atoms with Crippen LogP contribution in [0.15, 0.2) is 40.9 Å². The first-order valence-corrected chi connectivity index (χ1v) is 14.6. The number of benzene rings is 1. The van der Waals surface area contributed by atoms with E-state index in [4.69, 9.17) is 4.74 Å². The van der Waals surface area contributed by atoms with Crippen molar-refractivity contribution < 1.29 is 22.3 Å². The molecule has 1 saturated carbocycles. The van der Waals surface area contributed by atoms with Gasteiger partial charge < -0.3 is 9.30 Å². The molecule has 1 amide bonds. The predicted octanol–water partition coefficient (Wildman–Crippen LogP) is 5.56. The molecule has 3 heterocycles. The number of thiophene rings is 1. The number of nitrogens with one attached hydrogen (secondary N) is 1. The lowest BCUT2D eigenvalue weighted by atomic mass is 9.99. The second kappa shape index (κ2) is 9.63. The van der Waals surface area contributed by atoms with E-state index in [1.54, 1.807) is 24.4 Å². The molecule has 1 aliphatic carbocycles. The highest BCUT2D eigenvalue weighted by Gasteiger charge is 2.34. The Bertz CT molecular complexity index is 1400. The third-order valence-electron chi connectivity index (χ3n) is 6.92. The highest BCUT2D eigenvalue weighted by atomic mass is 32.2. The number of ether oxygens (including phenoxy) is 1. The van der Waals surface area contributed by atoms with E-state index in [2.05, 4.69) is 11.9 Å². The Kier molecular flexibility index (Phi) is 6.67. The monoisotopic (exact) mass is 531 g/mol. The quantitative estimate of drug-likeness (QED) is 0.411. The van der Waals surface area contributed by atoms with Gasteiger partial charge in [-0.05, 0) is 54.7 Å². The van der Waals surface area contributed by atoms with Crippen LogP contribution in [-0.4, -0.2) is 30.7 Å². The van der Waals surface area contributed by atoms with E-state index < -0.39 is 21.9 Å². The number of hydrogen-bond donors (Lipinski definition) is 1. The Hall–Kier alpha value is -2.72. The first kappa shape index (κ1) is 25.0. The zero-order chi connectivity index (χ0) is 25.6. The molecular formula is C26H30FN3O4S2. The summed E-state index contributed by atoms with van der Waals surface area (Å²) in [6.45, 7) is 6.35. The Labute approximate surface area is 214 Å². The smallest absolute Gasteiger partial charge is 0.421 e. The number of sulfonamides is 1. The molecule has 0 saturated heterocycles. The summed E-state index contributed by atoms with van der Waals surface area (Å²) < 4.78 is 51.0. The standard InChI is InChI=1S/C26H30FN3O4S2/c1-15(2)10-19-13-21(25(35-19)36(32,33)29-26(31)34-14-18-11-16(18)3)17-4-5-20(22(27)12-17)23-6-7-24-28-8-9-30(23)24/h4-5,8-9,12-13,15-16,18,23H,6-7,10-11,14H2,1-3H3,(H,29,31)/t16?,18?,23-/m0/s1. The Balaban J connectivity index is 1.44. The summed E-state index contributed by atoms with van der Waals surface area (Å²) in [5, 5.41) is 0. The second-order valence-corrected chi connectivity index (χ2v) is 13.2. The lowest BCUT2D eigenvalue weighted by Crippen LogP contribution is -2.31. The van der Waals surface area contributed by atoms with Crippen molar-refractivity contribution in [2.24, 2.45) is 17.8 Å². The molecule has 7 nitrogen and oxygen atoms in total. The molecular weight excluding hydrogens is 501 g/mol. The van der Waals surface area contributed by atoms with Gasteiger partial charge in [0.2, 0.25) is 0 Å². The Morgan fingerprint density at radius 3 is 2.81 bits per heavy atom. The van der Waals surface area contributed by atoms with E-state index in [0.29, 0.717) is 34.9 Å². The molecule has 1 aromatic carbocycles. The van der Waals surface area contributed by atoms with Crippen LogP contribution in [0.2, 0.25) is 0 Å². The highest BCUT2D eigenvalue weighted by molar-refractivity contribution is 7.92. The number of aryl methyl sites for hydroxylation is 1. The van der Waals surface area contributed by atoms with Crippen LogP contribution < -0.4 is 4.72 Å². The molecule has 3 atom stereocenters. The maximum Gasteiger partial charge on any atom is 0.421 e. The average molecular weight is 532 g/mol. The van der Waals surface area contributed by atoms with Gasteiger partial charge in [-0.2, -0.15) is 0 Å². The van der Waals surface area contributed by atoms with Crippen LogP contribution in [0.5, 0.6) is 0 Å². The number of hydrogen-bond acceptors (Lipinski definition) is 6. The van der Waals surface area contributed by atoms with Crippen molar-refractivity contribution in [2.45, 2.75) is 56.7 Å². The molecule has 0 bridgehead atoms. The van der Waals surface area contributed by atoms with Gasteiger partial charge in [-0.15, -0.1) is 11.3 Å². The third-order valence-corrected chi connectivity index (χ3v) is 9.93. The molecule has 1 aliphatic heterocycles. The lowest BCUT2D eigenvalue weighted by molar-refractivity contribution is 0.146. The molecule has 3 aromatic rings. The molecule has 0 spiro atoms. The number of amides is 1. The molecule has 1 fully saturated rings. The van der Waals surface area contributed by atoms with E-state index in [9.17, 15) is 13.2 Å². The number of aromatic nitrogens is 2. The topological polar surface area (TPSA) is 90.3 Å². The molecule has 0 radical (unpaired) electrons. The normalized spacial score (nSPS) is 21.0. The minimum atomic E-state index is -4.21. The van der Waals surface area contributed by atoms with Gasteiger partial charge in [-0.3, -0.25) is 0 Å². The summed E-state index contributed by atoms with van der Waals surface area (Å²) in [4.78, 5) is 17.4. The van der Waals surface area contributed by atoms with Gasteiger partial charge in [0, 0.05) is 34.8 Å². The number of fused-ring (bicyclic) bond motifs is 1. The van der Waals surface area contributed by atoms with Crippen molar-refractivity contribution in [2.75, 3.05) is 6.61 Å². The molecule has 1 N–H and O–H groups in total. The highest BCUT2D eigenvalue weighted by Crippen LogP contribution is 2.40. The Morgan fingerprint density at radius 2 is 2.11 bits per heavy atom. The Morgan fingerprint density at radius 1 is 1.33 bits per heavy atom. The first-order chi connectivity index (χ1) is 17.1. The van der Waals surface area contributed by atoms with E-state index >= 15 is 4.39 Å². The maximum atomic E-state index is 15.4. The van der Waals surface area contributed by atoms with Gasteiger partial charge in [0.1, 0.15) is 15.9 Å². The maximum absolute atomic E-state index is 15.4. The summed E-state index contributed by atoms with van der Waals surface area (Å²) in [5.74, 6) is 1.61. The lowest BCUT2D eigenvalue weighted by Gasteiger charge is -2.15. The second-order valence-electron chi connectivity index (χ2n) is 10.2. The summed E-state index contributed by atoms with van der Waals surface area (Å²) in [7, 11) is -4.21. The fourth-order valence-electron chi connectivity index (χ4n) is 4.82. The number of rotatable bonds is 8. The van der Waals surface area contributed by atoms with Crippen molar-refractivity contribution >= 4 is 27.5 Å². The number of imidazole rings is 1. The van der Waals surface area contributed by atoms with Gasteiger partial charge in [-0.25, -0.2) is 27.3 Å². The van der Waals surface area contributed by atoms with Gasteiger partial charge >= 0.3 is 6.09 Å². The van der Waals surface area contributed by atoms with Gasteiger partial charge in [0.25, 0.3) is 10.0 Å². The van der Waals surface area contributed by atoms with E-state index in [-0.39, 0.29) is 22.8 Å². The number of nitrogens with zero attached hydrogens (tertiary/aromatic N) is 2. The minimum Gasteiger partial charge on any atom is -0.449 e. The van der Waals surface area contributed by atoms with Crippen molar-refractivity contribution in [1.82, 2.24) is 14.3 Å². The third kappa shape index (κ3) is 5.06. The fourth-order valence-corrected chi connectivity index (χ4v) is 7.66. The summed E-state index contributed by atoms with van der Waals surface area (Å²) in [6, 6.07) is 6.51. The van der Waals surface area contributed by atoms with Gasteiger partial charge in [-0.1, -0.05) is 32.9 Å².